The lowest BCUT2D eigenvalue weighted by atomic mass is 10.2. The fourth-order valence-corrected chi connectivity index (χ4v) is 2.73. The monoisotopic (exact) mass is 325 g/mol. The number of benzene rings is 2. The molecule has 2 aromatic carbocycles. The molecular weight excluding hydrogens is 302 g/mol. The third kappa shape index (κ3) is 4.81. The number of aryl methyl sites for hydroxylation is 1. The molecule has 1 saturated heterocycles. The van der Waals surface area contributed by atoms with Gasteiger partial charge in [-0.25, -0.2) is 4.79 Å². The van der Waals surface area contributed by atoms with Crippen LogP contribution in [0.15, 0.2) is 48.5 Å². The molecular formula is C19H23N3O2. The van der Waals surface area contributed by atoms with E-state index in [4.69, 9.17) is 4.74 Å². The molecule has 5 heteroatoms. The second-order valence-electron chi connectivity index (χ2n) is 6.03. The summed E-state index contributed by atoms with van der Waals surface area (Å²) < 4.78 is 5.36. The number of urea groups is 1. The second kappa shape index (κ2) is 7.95. The van der Waals surface area contributed by atoms with Crippen molar-refractivity contribution in [1.82, 2.24) is 4.90 Å². The number of nitrogens with zero attached hydrogens (tertiary/aromatic N) is 1. The Hall–Kier alpha value is -2.37. The summed E-state index contributed by atoms with van der Waals surface area (Å²) >= 11 is 0. The maximum atomic E-state index is 12.1. The number of anilines is 2. The van der Waals surface area contributed by atoms with Crippen LogP contribution in [-0.2, 0) is 11.3 Å². The molecule has 24 heavy (non-hydrogen) atoms. The summed E-state index contributed by atoms with van der Waals surface area (Å²) in [5.41, 5.74) is 3.92. The van der Waals surface area contributed by atoms with Gasteiger partial charge in [-0.1, -0.05) is 24.3 Å². The summed E-state index contributed by atoms with van der Waals surface area (Å²) in [6.07, 6.45) is 0. The van der Waals surface area contributed by atoms with E-state index in [2.05, 4.69) is 27.7 Å². The lowest BCUT2D eigenvalue weighted by molar-refractivity contribution is 0.0342. The van der Waals surface area contributed by atoms with E-state index in [1.54, 1.807) is 0 Å². The number of nitrogens with one attached hydrogen (secondary N) is 2. The van der Waals surface area contributed by atoms with Crippen LogP contribution in [0.25, 0.3) is 0 Å². The third-order valence-electron chi connectivity index (χ3n) is 4.00. The first kappa shape index (κ1) is 16.5. The van der Waals surface area contributed by atoms with Crippen molar-refractivity contribution in [2.75, 3.05) is 36.9 Å². The number of amides is 2. The van der Waals surface area contributed by atoms with Gasteiger partial charge in [-0.2, -0.15) is 0 Å². The van der Waals surface area contributed by atoms with Crippen molar-refractivity contribution in [3.63, 3.8) is 0 Å². The van der Waals surface area contributed by atoms with Crippen LogP contribution in [0.5, 0.6) is 0 Å². The molecule has 1 fully saturated rings. The Labute approximate surface area is 142 Å². The van der Waals surface area contributed by atoms with Gasteiger partial charge in [0.1, 0.15) is 0 Å². The van der Waals surface area contributed by atoms with Gasteiger partial charge >= 0.3 is 6.03 Å². The number of rotatable bonds is 4. The van der Waals surface area contributed by atoms with E-state index < -0.39 is 0 Å². The van der Waals surface area contributed by atoms with E-state index in [0.29, 0.717) is 0 Å². The van der Waals surface area contributed by atoms with Crippen LogP contribution >= 0.6 is 0 Å². The number of hydrogen-bond donors (Lipinski definition) is 2. The molecule has 0 bridgehead atoms. The molecule has 0 radical (unpaired) electrons. The lowest BCUT2D eigenvalue weighted by Gasteiger charge is -2.26. The molecule has 0 unspecified atom stereocenters. The minimum Gasteiger partial charge on any atom is -0.379 e. The molecule has 1 aliphatic heterocycles. The Kier molecular flexibility index (Phi) is 5.46. The molecule has 0 spiro atoms. The highest BCUT2D eigenvalue weighted by Gasteiger charge is 2.10. The first-order chi connectivity index (χ1) is 11.7. The van der Waals surface area contributed by atoms with Crippen LogP contribution in [-0.4, -0.2) is 37.2 Å². The van der Waals surface area contributed by atoms with Gasteiger partial charge in [0.2, 0.25) is 0 Å². The normalized spacial score (nSPS) is 15.0. The first-order valence-electron chi connectivity index (χ1n) is 8.23. The van der Waals surface area contributed by atoms with Crippen LogP contribution in [0.4, 0.5) is 16.2 Å². The number of morpholine rings is 1. The topological polar surface area (TPSA) is 53.6 Å². The number of hydrogen-bond acceptors (Lipinski definition) is 3. The van der Waals surface area contributed by atoms with E-state index in [1.807, 2.05) is 43.3 Å². The molecule has 2 aromatic rings. The maximum absolute atomic E-state index is 12.1. The minimum absolute atomic E-state index is 0.235. The zero-order valence-corrected chi connectivity index (χ0v) is 13.9. The highest BCUT2D eigenvalue weighted by Crippen LogP contribution is 2.14. The van der Waals surface area contributed by atoms with Crippen molar-refractivity contribution in [3.05, 3.63) is 59.7 Å². The Balaban J connectivity index is 1.52. The zero-order chi connectivity index (χ0) is 16.8. The molecule has 5 nitrogen and oxygen atoms in total. The molecule has 0 saturated carbocycles. The van der Waals surface area contributed by atoms with Gasteiger partial charge in [0.05, 0.1) is 13.2 Å². The minimum atomic E-state index is -0.235. The average molecular weight is 325 g/mol. The van der Waals surface area contributed by atoms with Crippen molar-refractivity contribution in [2.45, 2.75) is 13.5 Å². The van der Waals surface area contributed by atoms with E-state index in [-0.39, 0.29) is 6.03 Å². The number of carbonyl (C=O) groups excluding carboxylic acids is 1. The van der Waals surface area contributed by atoms with Crippen LogP contribution in [0.2, 0.25) is 0 Å². The van der Waals surface area contributed by atoms with Crippen LogP contribution in [0.3, 0.4) is 0 Å². The Morgan fingerprint density at radius 1 is 1.04 bits per heavy atom. The average Bonchev–Trinajstić information content (AvgIpc) is 2.57. The summed E-state index contributed by atoms with van der Waals surface area (Å²) in [6, 6.07) is 15.5. The van der Waals surface area contributed by atoms with Crippen molar-refractivity contribution < 1.29 is 9.53 Å². The molecule has 1 heterocycles. The smallest absolute Gasteiger partial charge is 0.323 e. The molecule has 0 atom stereocenters. The van der Waals surface area contributed by atoms with Crippen molar-refractivity contribution in [3.8, 4) is 0 Å². The highest BCUT2D eigenvalue weighted by molar-refractivity contribution is 5.99. The standard InChI is InChI=1S/C19H23N3O2/c1-15-3-2-4-18(13-15)21-19(23)20-17-7-5-16(6-8-17)14-22-9-11-24-12-10-22/h2-8,13H,9-12,14H2,1H3,(H2,20,21,23). The number of ether oxygens (including phenoxy) is 1. The van der Waals surface area contributed by atoms with Gasteiger partial charge in [-0.15, -0.1) is 0 Å². The maximum Gasteiger partial charge on any atom is 0.323 e. The molecule has 1 aliphatic rings. The molecule has 2 N–H and O–H groups in total. The Bertz CT molecular complexity index is 679. The summed E-state index contributed by atoms with van der Waals surface area (Å²) in [6.45, 7) is 6.46. The molecule has 2 amide bonds. The van der Waals surface area contributed by atoms with E-state index in [1.165, 1.54) is 5.56 Å². The molecule has 126 valence electrons. The SMILES string of the molecule is Cc1cccc(NC(=O)Nc2ccc(CN3CCOCC3)cc2)c1. The van der Waals surface area contributed by atoms with Crippen LogP contribution < -0.4 is 10.6 Å². The predicted octanol–water partition coefficient (Wildman–Crippen LogP) is 3.47. The Morgan fingerprint density at radius 3 is 2.46 bits per heavy atom. The predicted molar refractivity (Wildman–Crippen MR) is 96.4 cm³/mol. The van der Waals surface area contributed by atoms with E-state index >= 15 is 0 Å². The highest BCUT2D eigenvalue weighted by atomic mass is 16.5. The van der Waals surface area contributed by atoms with Gasteiger partial charge in [-0.05, 0) is 42.3 Å². The van der Waals surface area contributed by atoms with Crippen molar-refractivity contribution in [2.24, 2.45) is 0 Å². The molecule has 0 aliphatic carbocycles. The Morgan fingerprint density at radius 2 is 1.75 bits per heavy atom. The fourth-order valence-electron chi connectivity index (χ4n) is 2.73. The van der Waals surface area contributed by atoms with Crippen molar-refractivity contribution in [1.29, 1.82) is 0 Å². The third-order valence-corrected chi connectivity index (χ3v) is 4.00. The summed E-state index contributed by atoms with van der Waals surface area (Å²) in [4.78, 5) is 14.4. The van der Waals surface area contributed by atoms with Gasteiger partial charge < -0.3 is 15.4 Å². The van der Waals surface area contributed by atoms with Crippen LogP contribution in [0.1, 0.15) is 11.1 Å². The van der Waals surface area contributed by atoms with Crippen LogP contribution in [0, 0.1) is 6.92 Å². The van der Waals surface area contributed by atoms with E-state index in [9.17, 15) is 4.79 Å². The summed E-state index contributed by atoms with van der Waals surface area (Å²) in [7, 11) is 0. The number of carbonyl (C=O) groups is 1. The van der Waals surface area contributed by atoms with Crippen molar-refractivity contribution >= 4 is 17.4 Å². The fraction of sp³-hybridized carbons (Fsp3) is 0.316. The lowest BCUT2D eigenvalue weighted by Crippen LogP contribution is -2.35. The summed E-state index contributed by atoms with van der Waals surface area (Å²) in [5.74, 6) is 0. The van der Waals surface area contributed by atoms with Gasteiger partial charge in [0.15, 0.2) is 0 Å². The molecule has 0 aromatic heterocycles. The summed E-state index contributed by atoms with van der Waals surface area (Å²) in [5, 5.41) is 5.70. The van der Waals surface area contributed by atoms with Gasteiger partial charge in [-0.3, -0.25) is 4.90 Å². The largest absolute Gasteiger partial charge is 0.379 e. The quantitative estimate of drug-likeness (QED) is 0.905. The first-order valence-corrected chi connectivity index (χ1v) is 8.23. The van der Waals surface area contributed by atoms with Gasteiger partial charge in [0.25, 0.3) is 0 Å². The zero-order valence-electron chi connectivity index (χ0n) is 13.9. The molecule has 3 rings (SSSR count). The second-order valence-corrected chi connectivity index (χ2v) is 6.03. The van der Waals surface area contributed by atoms with Gasteiger partial charge in [0, 0.05) is 31.0 Å². The van der Waals surface area contributed by atoms with E-state index in [0.717, 1.165) is 49.8 Å².